The summed E-state index contributed by atoms with van der Waals surface area (Å²) in [5.41, 5.74) is 12.1. The summed E-state index contributed by atoms with van der Waals surface area (Å²) in [6.45, 7) is 2.68. The predicted molar refractivity (Wildman–Crippen MR) is 125 cm³/mol. The smallest absolute Gasteiger partial charge is 0.249 e. The van der Waals surface area contributed by atoms with Crippen LogP contribution in [0.25, 0.3) is 32.9 Å². The average molecular weight is 406 g/mol. The van der Waals surface area contributed by atoms with Crippen molar-refractivity contribution in [3.63, 3.8) is 0 Å². The molecule has 0 fully saturated rings. The van der Waals surface area contributed by atoms with Gasteiger partial charge in [0, 0.05) is 17.5 Å². The number of aryl methyl sites for hydroxylation is 1. The molecule has 5 aromatic rings. The van der Waals surface area contributed by atoms with Crippen molar-refractivity contribution in [2.75, 3.05) is 0 Å². The number of amides is 1. The Balaban J connectivity index is 1.86. The molecule has 0 aliphatic heterocycles. The van der Waals surface area contributed by atoms with Crippen LogP contribution >= 0.6 is 0 Å². The van der Waals surface area contributed by atoms with Crippen LogP contribution in [0.15, 0.2) is 84.9 Å². The molecule has 0 saturated carbocycles. The van der Waals surface area contributed by atoms with Gasteiger partial charge in [0.15, 0.2) is 0 Å². The Kier molecular flexibility index (Phi) is 4.48. The molecule has 0 spiro atoms. The molecule has 152 valence electrons. The number of carbonyl (C=O) groups excluding carboxylic acids is 1. The van der Waals surface area contributed by atoms with Crippen LogP contribution in [0.2, 0.25) is 0 Å². The lowest BCUT2D eigenvalue weighted by atomic mass is 10.0. The van der Waals surface area contributed by atoms with Gasteiger partial charge in [0.2, 0.25) is 5.91 Å². The summed E-state index contributed by atoms with van der Waals surface area (Å²) in [5, 5.41) is 12.4. The van der Waals surface area contributed by atoms with Gasteiger partial charge in [-0.1, -0.05) is 66.2 Å². The minimum absolute atomic E-state index is 0.137. The maximum absolute atomic E-state index is 12.2. The molecule has 4 aromatic carbocycles. The van der Waals surface area contributed by atoms with Gasteiger partial charge in [-0.3, -0.25) is 4.79 Å². The van der Waals surface area contributed by atoms with Crippen LogP contribution in [0.1, 0.15) is 21.5 Å². The Morgan fingerprint density at radius 2 is 1.61 bits per heavy atom. The zero-order valence-electron chi connectivity index (χ0n) is 17.2. The topological polar surface area (TPSA) is 68.2 Å². The maximum atomic E-state index is 12.2. The molecule has 5 rings (SSSR count). The number of primary amides is 1. The van der Waals surface area contributed by atoms with E-state index in [-0.39, 0.29) is 5.75 Å². The maximum Gasteiger partial charge on any atom is 0.249 e. The van der Waals surface area contributed by atoms with E-state index in [0.717, 1.165) is 27.7 Å². The summed E-state index contributed by atoms with van der Waals surface area (Å²) in [5.74, 6) is -0.371. The van der Waals surface area contributed by atoms with Gasteiger partial charge in [-0.2, -0.15) is 0 Å². The molecule has 4 nitrogen and oxygen atoms in total. The van der Waals surface area contributed by atoms with Crippen molar-refractivity contribution in [2.45, 2.75) is 13.5 Å². The molecule has 0 unspecified atom stereocenters. The highest BCUT2D eigenvalue weighted by molar-refractivity contribution is 6.20. The minimum atomic E-state index is -0.508. The molecule has 0 bridgehead atoms. The number of phenols is 1. The lowest BCUT2D eigenvalue weighted by Crippen LogP contribution is -2.11. The molecule has 1 heterocycles. The molecular weight excluding hydrogens is 384 g/mol. The predicted octanol–water partition coefficient (Wildman–Crippen LogP) is 5.62. The van der Waals surface area contributed by atoms with Crippen molar-refractivity contribution >= 4 is 27.7 Å². The van der Waals surface area contributed by atoms with E-state index in [1.54, 1.807) is 12.1 Å². The van der Waals surface area contributed by atoms with Crippen LogP contribution in [-0.2, 0) is 6.54 Å². The molecule has 4 heteroatoms. The number of hydrogen-bond acceptors (Lipinski definition) is 2. The highest BCUT2D eigenvalue weighted by atomic mass is 16.3. The second kappa shape index (κ2) is 7.33. The fourth-order valence-electron chi connectivity index (χ4n) is 4.40. The van der Waals surface area contributed by atoms with E-state index >= 15 is 0 Å². The Morgan fingerprint density at radius 3 is 2.35 bits per heavy atom. The third kappa shape index (κ3) is 3.22. The highest BCUT2D eigenvalue weighted by Crippen LogP contribution is 2.40. The van der Waals surface area contributed by atoms with Crippen molar-refractivity contribution < 1.29 is 9.90 Å². The molecule has 1 aromatic heterocycles. The van der Waals surface area contributed by atoms with E-state index in [0.29, 0.717) is 22.9 Å². The summed E-state index contributed by atoms with van der Waals surface area (Å²) in [6.07, 6.45) is 0. The second-order valence-electron chi connectivity index (χ2n) is 7.89. The number of aromatic hydroxyl groups is 1. The molecular formula is C27H22N2O2. The van der Waals surface area contributed by atoms with Crippen LogP contribution < -0.4 is 5.73 Å². The van der Waals surface area contributed by atoms with E-state index < -0.39 is 5.91 Å². The number of benzene rings is 4. The molecule has 3 N–H and O–H groups in total. The summed E-state index contributed by atoms with van der Waals surface area (Å²) < 4.78 is 2.15. The first-order valence-electron chi connectivity index (χ1n) is 10.2. The van der Waals surface area contributed by atoms with E-state index in [9.17, 15) is 9.90 Å². The van der Waals surface area contributed by atoms with Gasteiger partial charge >= 0.3 is 0 Å². The number of fused-ring (bicyclic) bond motifs is 3. The molecule has 0 aliphatic rings. The standard InChI is InChI=1S/C27H22N2O2/c1-17-7-5-8-18(13-17)16-29-22-12-6-11-21(27(28)31)25(22)26-23(29)14-20(15-24(26)30)19-9-3-2-4-10-19/h2-15,30H,16H2,1H3,(H2,28,31). The van der Waals surface area contributed by atoms with Crippen LogP contribution in [0, 0.1) is 6.92 Å². The van der Waals surface area contributed by atoms with Gasteiger partial charge in [0.25, 0.3) is 0 Å². The molecule has 0 atom stereocenters. The third-order valence-corrected chi connectivity index (χ3v) is 5.77. The van der Waals surface area contributed by atoms with Gasteiger partial charge in [-0.25, -0.2) is 0 Å². The highest BCUT2D eigenvalue weighted by Gasteiger charge is 2.20. The second-order valence-corrected chi connectivity index (χ2v) is 7.89. The van der Waals surface area contributed by atoms with E-state index in [1.165, 1.54) is 5.56 Å². The number of hydrogen-bond donors (Lipinski definition) is 2. The largest absolute Gasteiger partial charge is 0.507 e. The SMILES string of the molecule is Cc1cccc(Cn2c3cc(-c4ccccc4)cc(O)c3c3c(C(N)=O)cccc32)c1. The summed E-state index contributed by atoms with van der Waals surface area (Å²) in [6, 6.07) is 27.7. The minimum Gasteiger partial charge on any atom is -0.507 e. The first-order valence-corrected chi connectivity index (χ1v) is 10.2. The van der Waals surface area contributed by atoms with E-state index in [1.807, 2.05) is 48.5 Å². The number of rotatable bonds is 4. The summed E-state index contributed by atoms with van der Waals surface area (Å²) in [4.78, 5) is 12.2. The number of nitrogens with zero attached hydrogens (tertiary/aromatic N) is 1. The number of phenolic OH excluding ortho intramolecular Hbond substituents is 1. The summed E-state index contributed by atoms with van der Waals surface area (Å²) in [7, 11) is 0. The van der Waals surface area contributed by atoms with Crippen molar-refractivity contribution in [1.82, 2.24) is 4.57 Å². The fourth-order valence-corrected chi connectivity index (χ4v) is 4.40. The molecule has 0 saturated heterocycles. The normalized spacial score (nSPS) is 11.3. The number of carbonyl (C=O) groups is 1. The Bertz CT molecular complexity index is 1450. The molecule has 31 heavy (non-hydrogen) atoms. The van der Waals surface area contributed by atoms with Crippen LogP contribution in [-0.4, -0.2) is 15.6 Å². The van der Waals surface area contributed by atoms with Gasteiger partial charge in [0.1, 0.15) is 5.75 Å². The van der Waals surface area contributed by atoms with Crippen LogP contribution in [0.3, 0.4) is 0 Å². The zero-order chi connectivity index (χ0) is 21.5. The van der Waals surface area contributed by atoms with Crippen LogP contribution in [0.5, 0.6) is 5.75 Å². The lowest BCUT2D eigenvalue weighted by Gasteiger charge is -2.10. The average Bonchev–Trinajstić information content (AvgIpc) is 3.08. The van der Waals surface area contributed by atoms with E-state index in [4.69, 9.17) is 5.73 Å². The van der Waals surface area contributed by atoms with Gasteiger partial charge < -0.3 is 15.4 Å². The molecule has 1 amide bonds. The third-order valence-electron chi connectivity index (χ3n) is 5.77. The first-order chi connectivity index (χ1) is 15.0. The van der Waals surface area contributed by atoms with Crippen molar-refractivity contribution in [3.05, 3.63) is 102 Å². The van der Waals surface area contributed by atoms with Gasteiger partial charge in [0.05, 0.1) is 16.4 Å². The number of aromatic nitrogens is 1. The molecule has 0 radical (unpaired) electrons. The quantitative estimate of drug-likeness (QED) is 0.407. The Hall–Kier alpha value is -4.05. The Labute approximate surface area is 180 Å². The van der Waals surface area contributed by atoms with Crippen LogP contribution in [0.4, 0.5) is 0 Å². The fraction of sp³-hybridized carbons (Fsp3) is 0.0741. The van der Waals surface area contributed by atoms with Crippen molar-refractivity contribution in [3.8, 4) is 16.9 Å². The zero-order valence-corrected chi connectivity index (χ0v) is 17.2. The lowest BCUT2D eigenvalue weighted by molar-refractivity contribution is 0.100. The number of nitrogens with two attached hydrogens (primary N) is 1. The molecule has 0 aliphatic carbocycles. The monoisotopic (exact) mass is 406 g/mol. The van der Waals surface area contributed by atoms with Crippen molar-refractivity contribution in [2.24, 2.45) is 5.73 Å². The summed E-state index contributed by atoms with van der Waals surface area (Å²) >= 11 is 0. The van der Waals surface area contributed by atoms with Gasteiger partial charge in [-0.15, -0.1) is 0 Å². The Morgan fingerprint density at radius 1 is 0.839 bits per heavy atom. The van der Waals surface area contributed by atoms with Crippen molar-refractivity contribution in [1.29, 1.82) is 0 Å². The van der Waals surface area contributed by atoms with E-state index in [2.05, 4.69) is 35.8 Å². The van der Waals surface area contributed by atoms with Gasteiger partial charge in [-0.05, 0) is 47.9 Å². The first kappa shape index (κ1) is 18.9.